The van der Waals surface area contributed by atoms with E-state index in [2.05, 4.69) is 40.4 Å². The fourth-order valence-electron chi connectivity index (χ4n) is 1.92. The molecule has 3 N–H and O–H groups in total. The fourth-order valence-corrected chi connectivity index (χ4v) is 3.58. The van der Waals surface area contributed by atoms with E-state index >= 15 is 0 Å². The van der Waals surface area contributed by atoms with Crippen LogP contribution in [0.4, 0.5) is 0 Å². The molecular formula is C14H17BrN2OS. The predicted octanol–water partition coefficient (Wildman–Crippen LogP) is 3.77. The zero-order chi connectivity index (χ0) is 13.8. The van der Waals surface area contributed by atoms with Crippen LogP contribution in [0.25, 0.3) is 0 Å². The summed E-state index contributed by atoms with van der Waals surface area (Å²) in [6, 6.07) is 10.1. The Kier molecular flexibility index (Phi) is 4.99. The second-order valence-corrected chi connectivity index (χ2v) is 6.61. The van der Waals surface area contributed by atoms with Crippen LogP contribution in [-0.4, -0.2) is 6.61 Å². The van der Waals surface area contributed by atoms with Crippen molar-refractivity contribution in [2.75, 3.05) is 6.61 Å². The summed E-state index contributed by atoms with van der Waals surface area (Å²) >= 11 is 5.25. The van der Waals surface area contributed by atoms with E-state index in [1.165, 1.54) is 10.4 Å². The molecular weight excluding hydrogens is 324 g/mol. The van der Waals surface area contributed by atoms with Gasteiger partial charge in [-0.05, 0) is 59.1 Å². The number of benzene rings is 1. The first-order chi connectivity index (χ1) is 9.15. The lowest BCUT2D eigenvalue weighted by atomic mass is 10.1. The zero-order valence-electron chi connectivity index (χ0n) is 10.9. The number of hydrogen-bond acceptors (Lipinski definition) is 4. The van der Waals surface area contributed by atoms with Crippen LogP contribution in [0.5, 0.6) is 5.75 Å². The van der Waals surface area contributed by atoms with E-state index in [1.54, 1.807) is 11.3 Å². The first-order valence-corrected chi connectivity index (χ1v) is 7.71. The van der Waals surface area contributed by atoms with Gasteiger partial charge in [0.25, 0.3) is 0 Å². The van der Waals surface area contributed by atoms with Gasteiger partial charge in [-0.15, -0.1) is 11.3 Å². The van der Waals surface area contributed by atoms with Crippen LogP contribution in [-0.2, 0) is 0 Å². The van der Waals surface area contributed by atoms with Gasteiger partial charge in [0.2, 0.25) is 0 Å². The van der Waals surface area contributed by atoms with E-state index in [1.807, 2.05) is 25.1 Å². The minimum Gasteiger partial charge on any atom is -0.494 e. The molecule has 0 spiro atoms. The van der Waals surface area contributed by atoms with Gasteiger partial charge in [0.15, 0.2) is 0 Å². The van der Waals surface area contributed by atoms with Crippen LogP contribution in [0, 0.1) is 6.92 Å². The maximum Gasteiger partial charge on any atom is 0.119 e. The van der Waals surface area contributed by atoms with Crippen molar-refractivity contribution in [1.29, 1.82) is 0 Å². The summed E-state index contributed by atoms with van der Waals surface area (Å²) in [6.07, 6.45) is 0. The highest BCUT2D eigenvalue weighted by Crippen LogP contribution is 2.34. The van der Waals surface area contributed by atoms with Gasteiger partial charge in [0.1, 0.15) is 5.75 Å². The van der Waals surface area contributed by atoms with Gasteiger partial charge < -0.3 is 4.74 Å². The molecule has 0 aliphatic heterocycles. The highest BCUT2D eigenvalue weighted by Gasteiger charge is 2.16. The molecule has 1 aromatic carbocycles. The lowest BCUT2D eigenvalue weighted by Crippen LogP contribution is -2.28. The van der Waals surface area contributed by atoms with E-state index in [9.17, 15) is 0 Å². The van der Waals surface area contributed by atoms with Gasteiger partial charge in [-0.2, -0.15) is 0 Å². The average Bonchev–Trinajstić information content (AvgIpc) is 2.71. The molecule has 1 atom stereocenters. The number of aryl methyl sites for hydroxylation is 1. The molecule has 19 heavy (non-hydrogen) atoms. The van der Waals surface area contributed by atoms with Gasteiger partial charge in [0, 0.05) is 4.88 Å². The molecule has 5 heteroatoms. The Hall–Kier alpha value is -0.880. The molecule has 0 saturated heterocycles. The van der Waals surface area contributed by atoms with E-state index in [0.717, 1.165) is 15.1 Å². The fraction of sp³-hybridized carbons (Fsp3) is 0.286. The highest BCUT2D eigenvalue weighted by atomic mass is 79.9. The Morgan fingerprint density at radius 1 is 1.42 bits per heavy atom. The first kappa shape index (κ1) is 14.5. The summed E-state index contributed by atoms with van der Waals surface area (Å²) in [5.74, 6) is 6.59. The van der Waals surface area contributed by atoms with Crippen LogP contribution in [0.3, 0.4) is 0 Å². The third kappa shape index (κ3) is 3.36. The van der Waals surface area contributed by atoms with Gasteiger partial charge in [-0.3, -0.25) is 5.84 Å². The van der Waals surface area contributed by atoms with Gasteiger partial charge in [-0.1, -0.05) is 12.1 Å². The molecule has 0 aliphatic carbocycles. The Bertz CT molecular complexity index is 537. The summed E-state index contributed by atoms with van der Waals surface area (Å²) in [5, 5.41) is 0. The monoisotopic (exact) mass is 340 g/mol. The van der Waals surface area contributed by atoms with E-state index in [0.29, 0.717) is 6.61 Å². The maximum atomic E-state index is 5.72. The summed E-state index contributed by atoms with van der Waals surface area (Å²) in [6.45, 7) is 4.72. The van der Waals surface area contributed by atoms with Crippen LogP contribution < -0.4 is 16.0 Å². The molecule has 0 bridgehead atoms. The third-order valence-corrected chi connectivity index (χ3v) is 5.03. The van der Waals surface area contributed by atoms with Crippen LogP contribution >= 0.6 is 27.3 Å². The van der Waals surface area contributed by atoms with Crippen molar-refractivity contribution >= 4 is 27.3 Å². The number of rotatable bonds is 5. The molecule has 3 nitrogen and oxygen atoms in total. The Balaban J connectivity index is 2.33. The van der Waals surface area contributed by atoms with Crippen molar-refractivity contribution in [3.63, 3.8) is 0 Å². The normalized spacial score (nSPS) is 12.4. The summed E-state index contributed by atoms with van der Waals surface area (Å²) < 4.78 is 6.67. The van der Waals surface area contributed by atoms with Crippen molar-refractivity contribution in [1.82, 2.24) is 5.43 Å². The predicted molar refractivity (Wildman–Crippen MR) is 83.5 cm³/mol. The second kappa shape index (κ2) is 6.52. The number of hydrogen-bond donors (Lipinski definition) is 2. The minimum absolute atomic E-state index is 0.0181. The minimum atomic E-state index is -0.0181. The summed E-state index contributed by atoms with van der Waals surface area (Å²) in [5.41, 5.74) is 5.20. The molecule has 2 rings (SSSR count). The van der Waals surface area contributed by atoms with Gasteiger partial charge in [-0.25, -0.2) is 5.43 Å². The number of thiophene rings is 1. The van der Waals surface area contributed by atoms with Crippen molar-refractivity contribution in [3.05, 3.63) is 50.1 Å². The zero-order valence-corrected chi connectivity index (χ0v) is 13.3. The third-order valence-electron chi connectivity index (χ3n) is 2.83. The largest absolute Gasteiger partial charge is 0.494 e. The Morgan fingerprint density at radius 3 is 2.79 bits per heavy atom. The van der Waals surface area contributed by atoms with Crippen molar-refractivity contribution in [2.24, 2.45) is 5.84 Å². The van der Waals surface area contributed by atoms with E-state index in [-0.39, 0.29) is 6.04 Å². The lowest BCUT2D eigenvalue weighted by molar-refractivity contribution is 0.339. The quantitative estimate of drug-likeness (QED) is 0.643. The molecule has 0 fully saturated rings. The molecule has 1 unspecified atom stereocenters. The molecule has 1 aromatic heterocycles. The Morgan fingerprint density at radius 2 is 2.21 bits per heavy atom. The van der Waals surface area contributed by atoms with E-state index < -0.39 is 0 Å². The highest BCUT2D eigenvalue weighted by molar-refractivity contribution is 9.11. The van der Waals surface area contributed by atoms with Crippen molar-refractivity contribution < 1.29 is 4.74 Å². The van der Waals surface area contributed by atoms with Crippen LogP contribution in [0.2, 0.25) is 0 Å². The number of ether oxygens (including phenoxy) is 1. The number of nitrogens with one attached hydrogen (secondary N) is 1. The lowest BCUT2D eigenvalue weighted by Gasteiger charge is -2.15. The van der Waals surface area contributed by atoms with Gasteiger partial charge >= 0.3 is 0 Å². The van der Waals surface area contributed by atoms with Gasteiger partial charge in [0.05, 0.1) is 16.4 Å². The maximum absolute atomic E-state index is 5.72. The molecule has 2 aromatic rings. The molecule has 1 heterocycles. The van der Waals surface area contributed by atoms with Crippen molar-refractivity contribution in [2.45, 2.75) is 19.9 Å². The number of hydrazine groups is 1. The van der Waals surface area contributed by atoms with E-state index in [4.69, 9.17) is 10.6 Å². The van der Waals surface area contributed by atoms with Crippen molar-refractivity contribution in [3.8, 4) is 5.75 Å². The average molecular weight is 341 g/mol. The van der Waals surface area contributed by atoms with Crippen LogP contribution in [0.15, 0.2) is 34.1 Å². The summed E-state index contributed by atoms with van der Waals surface area (Å²) in [4.78, 5) is 1.18. The number of halogens is 1. The van der Waals surface area contributed by atoms with Crippen LogP contribution in [0.1, 0.15) is 29.0 Å². The topological polar surface area (TPSA) is 47.3 Å². The Labute approximate surface area is 125 Å². The second-order valence-electron chi connectivity index (χ2n) is 4.21. The molecule has 0 radical (unpaired) electrons. The molecule has 0 amide bonds. The summed E-state index contributed by atoms with van der Waals surface area (Å²) in [7, 11) is 0. The molecule has 0 saturated carbocycles. The standard InChI is InChI=1S/C14H17BrN2OS/c1-3-18-11-6-4-5-10(8-11)13(17-16)12-7-9(2)14(15)19-12/h4-8,13,17H,3,16H2,1-2H3. The number of nitrogens with two attached hydrogens (primary N) is 1. The first-order valence-electron chi connectivity index (χ1n) is 6.10. The smallest absolute Gasteiger partial charge is 0.119 e. The SMILES string of the molecule is CCOc1cccc(C(NN)c2cc(C)c(Br)s2)c1. The molecule has 102 valence electrons. The molecule has 0 aliphatic rings.